The fraction of sp³-hybridized carbons (Fsp3) is 0.125. The van der Waals surface area contributed by atoms with Crippen LogP contribution in [-0.2, 0) is 4.79 Å². The van der Waals surface area contributed by atoms with Gasteiger partial charge in [0.05, 0.1) is 20.3 Å². The van der Waals surface area contributed by atoms with Crippen LogP contribution in [0.15, 0.2) is 87.4 Å². The lowest BCUT2D eigenvalue weighted by molar-refractivity contribution is -0.114. The van der Waals surface area contributed by atoms with Crippen LogP contribution in [0, 0.1) is 0 Å². The standard InChI is InChI=1S/C24H20Br2N2O3/c1-30-22-12-3-15(13-23(22)31-2)21-14-20(27-18-8-4-16(25)5-9-18)24(29)28(21)19-10-6-17(26)7-11-19/h3-14,21,27H,1-2H3/t21-/m0/s1. The van der Waals surface area contributed by atoms with E-state index in [1.165, 1.54) is 0 Å². The van der Waals surface area contributed by atoms with Gasteiger partial charge in [-0.1, -0.05) is 37.9 Å². The summed E-state index contributed by atoms with van der Waals surface area (Å²) in [6.07, 6.45) is 1.94. The van der Waals surface area contributed by atoms with Crippen LogP contribution in [0.4, 0.5) is 11.4 Å². The summed E-state index contributed by atoms with van der Waals surface area (Å²) in [7, 11) is 3.20. The van der Waals surface area contributed by atoms with Gasteiger partial charge in [-0.25, -0.2) is 0 Å². The molecule has 0 aliphatic carbocycles. The zero-order chi connectivity index (χ0) is 22.0. The van der Waals surface area contributed by atoms with Crippen molar-refractivity contribution in [2.24, 2.45) is 0 Å². The molecule has 3 aromatic carbocycles. The van der Waals surface area contributed by atoms with Crippen molar-refractivity contribution in [1.82, 2.24) is 0 Å². The summed E-state index contributed by atoms with van der Waals surface area (Å²) in [6, 6.07) is 20.8. The molecule has 0 saturated heterocycles. The third kappa shape index (κ3) is 4.48. The first-order chi connectivity index (χ1) is 15.0. The molecule has 0 unspecified atom stereocenters. The minimum atomic E-state index is -0.300. The number of nitrogens with one attached hydrogen (secondary N) is 1. The minimum absolute atomic E-state index is 0.106. The van der Waals surface area contributed by atoms with Crippen LogP contribution in [-0.4, -0.2) is 20.1 Å². The first-order valence-corrected chi connectivity index (χ1v) is 11.1. The molecular formula is C24H20Br2N2O3. The van der Waals surface area contributed by atoms with E-state index in [-0.39, 0.29) is 11.9 Å². The van der Waals surface area contributed by atoms with Crippen molar-refractivity contribution >= 4 is 49.1 Å². The Morgan fingerprint density at radius 2 is 1.45 bits per heavy atom. The number of methoxy groups -OCH3 is 2. The number of nitrogens with zero attached hydrogens (tertiary/aromatic N) is 1. The average molecular weight is 544 g/mol. The number of carbonyl (C=O) groups is 1. The van der Waals surface area contributed by atoms with Gasteiger partial charge >= 0.3 is 0 Å². The van der Waals surface area contributed by atoms with Crippen molar-refractivity contribution in [3.8, 4) is 11.5 Å². The number of hydrogen-bond donors (Lipinski definition) is 1. The average Bonchev–Trinajstić information content (AvgIpc) is 3.11. The Kier molecular flexibility index (Phi) is 6.34. The Labute approximate surface area is 197 Å². The van der Waals surface area contributed by atoms with Gasteiger partial charge in [0.25, 0.3) is 5.91 Å². The fourth-order valence-electron chi connectivity index (χ4n) is 3.51. The molecule has 5 nitrogen and oxygen atoms in total. The maximum Gasteiger partial charge on any atom is 0.275 e. The van der Waals surface area contributed by atoms with Gasteiger partial charge in [-0.15, -0.1) is 0 Å². The zero-order valence-corrected chi connectivity index (χ0v) is 20.1. The summed E-state index contributed by atoms with van der Waals surface area (Å²) < 4.78 is 12.8. The van der Waals surface area contributed by atoms with E-state index in [1.807, 2.05) is 72.8 Å². The second-order valence-corrected chi connectivity index (χ2v) is 8.75. The van der Waals surface area contributed by atoms with Gasteiger partial charge in [0, 0.05) is 20.3 Å². The number of halogens is 2. The molecule has 0 radical (unpaired) electrons. The highest BCUT2D eigenvalue weighted by molar-refractivity contribution is 9.10. The number of benzene rings is 3. The maximum absolute atomic E-state index is 13.4. The molecule has 1 N–H and O–H groups in total. The molecule has 31 heavy (non-hydrogen) atoms. The highest BCUT2D eigenvalue weighted by Gasteiger charge is 2.35. The van der Waals surface area contributed by atoms with Crippen molar-refractivity contribution in [2.45, 2.75) is 6.04 Å². The number of rotatable bonds is 6. The molecule has 1 aliphatic heterocycles. The Bertz CT molecular complexity index is 1130. The summed E-state index contributed by atoms with van der Waals surface area (Å²) in [5.41, 5.74) is 3.08. The van der Waals surface area contributed by atoms with Crippen molar-refractivity contribution in [3.05, 3.63) is 93.0 Å². The molecule has 3 aromatic rings. The quantitative estimate of drug-likeness (QED) is 0.395. The monoisotopic (exact) mass is 542 g/mol. The number of ether oxygens (including phenoxy) is 2. The topological polar surface area (TPSA) is 50.8 Å². The van der Waals surface area contributed by atoms with Gasteiger partial charge in [0.1, 0.15) is 5.70 Å². The van der Waals surface area contributed by atoms with E-state index < -0.39 is 0 Å². The molecule has 0 bridgehead atoms. The molecule has 0 aromatic heterocycles. The van der Waals surface area contributed by atoms with Crippen molar-refractivity contribution < 1.29 is 14.3 Å². The minimum Gasteiger partial charge on any atom is -0.493 e. The van der Waals surface area contributed by atoms with Crippen molar-refractivity contribution in [2.75, 3.05) is 24.4 Å². The predicted molar refractivity (Wildman–Crippen MR) is 130 cm³/mol. The molecule has 0 spiro atoms. The molecule has 1 heterocycles. The van der Waals surface area contributed by atoms with E-state index in [2.05, 4.69) is 37.2 Å². The Hall–Kier alpha value is -2.77. The lowest BCUT2D eigenvalue weighted by atomic mass is 10.1. The van der Waals surface area contributed by atoms with E-state index in [4.69, 9.17) is 9.47 Å². The summed E-state index contributed by atoms with van der Waals surface area (Å²) in [5, 5.41) is 3.26. The number of anilines is 2. The Morgan fingerprint density at radius 1 is 0.839 bits per heavy atom. The van der Waals surface area contributed by atoms with Crippen LogP contribution >= 0.6 is 31.9 Å². The van der Waals surface area contributed by atoms with E-state index >= 15 is 0 Å². The predicted octanol–water partition coefficient (Wildman–Crippen LogP) is 6.31. The number of carbonyl (C=O) groups excluding carboxylic acids is 1. The summed E-state index contributed by atoms with van der Waals surface area (Å²) in [6.45, 7) is 0. The summed E-state index contributed by atoms with van der Waals surface area (Å²) >= 11 is 6.90. The third-order valence-electron chi connectivity index (χ3n) is 5.03. The lowest BCUT2D eigenvalue weighted by Gasteiger charge is -2.26. The van der Waals surface area contributed by atoms with Gasteiger partial charge in [-0.3, -0.25) is 9.69 Å². The van der Waals surface area contributed by atoms with Crippen LogP contribution in [0.25, 0.3) is 0 Å². The van der Waals surface area contributed by atoms with E-state index in [1.54, 1.807) is 19.1 Å². The van der Waals surface area contributed by atoms with E-state index in [9.17, 15) is 4.79 Å². The Balaban J connectivity index is 1.75. The summed E-state index contributed by atoms with van der Waals surface area (Å²) in [5.74, 6) is 1.15. The fourth-order valence-corrected chi connectivity index (χ4v) is 4.03. The largest absolute Gasteiger partial charge is 0.493 e. The first-order valence-electron chi connectivity index (χ1n) is 9.55. The van der Waals surface area contributed by atoms with Gasteiger partial charge in [0.15, 0.2) is 11.5 Å². The molecule has 0 saturated carbocycles. The molecule has 1 atom stereocenters. The van der Waals surface area contributed by atoms with E-state index in [0.29, 0.717) is 17.2 Å². The molecule has 158 valence electrons. The highest BCUT2D eigenvalue weighted by atomic mass is 79.9. The van der Waals surface area contributed by atoms with Gasteiger partial charge in [-0.05, 0) is 72.3 Å². The zero-order valence-electron chi connectivity index (χ0n) is 16.9. The van der Waals surface area contributed by atoms with Crippen LogP contribution in [0.5, 0.6) is 11.5 Å². The number of hydrogen-bond acceptors (Lipinski definition) is 4. The van der Waals surface area contributed by atoms with Crippen molar-refractivity contribution in [1.29, 1.82) is 0 Å². The van der Waals surface area contributed by atoms with E-state index in [0.717, 1.165) is 25.9 Å². The van der Waals surface area contributed by atoms with Gasteiger partial charge in [0.2, 0.25) is 0 Å². The van der Waals surface area contributed by atoms with Crippen molar-refractivity contribution in [3.63, 3.8) is 0 Å². The second kappa shape index (κ2) is 9.16. The first kappa shape index (κ1) is 21.5. The molecule has 0 fully saturated rings. The van der Waals surface area contributed by atoms with Crippen LogP contribution in [0.1, 0.15) is 11.6 Å². The highest BCUT2D eigenvalue weighted by Crippen LogP contribution is 2.39. The normalized spacial score (nSPS) is 15.6. The lowest BCUT2D eigenvalue weighted by Crippen LogP contribution is -2.30. The Morgan fingerprint density at radius 3 is 2.06 bits per heavy atom. The van der Waals surface area contributed by atoms with Crippen LogP contribution in [0.2, 0.25) is 0 Å². The molecule has 4 rings (SSSR count). The van der Waals surface area contributed by atoms with Gasteiger partial charge < -0.3 is 14.8 Å². The van der Waals surface area contributed by atoms with Crippen LogP contribution < -0.4 is 19.7 Å². The smallest absolute Gasteiger partial charge is 0.275 e. The van der Waals surface area contributed by atoms with Crippen LogP contribution in [0.3, 0.4) is 0 Å². The second-order valence-electron chi connectivity index (χ2n) is 6.92. The maximum atomic E-state index is 13.4. The molecular weight excluding hydrogens is 524 g/mol. The molecule has 1 amide bonds. The SMILES string of the molecule is COc1ccc([C@@H]2C=C(Nc3ccc(Br)cc3)C(=O)N2c2ccc(Br)cc2)cc1OC. The summed E-state index contributed by atoms with van der Waals surface area (Å²) in [4.78, 5) is 15.2. The third-order valence-corrected chi connectivity index (χ3v) is 6.09. The molecule has 7 heteroatoms. The number of amides is 1. The molecule has 1 aliphatic rings. The van der Waals surface area contributed by atoms with Gasteiger partial charge in [-0.2, -0.15) is 0 Å².